The molecular formula is C25H26N2O4. The summed E-state index contributed by atoms with van der Waals surface area (Å²) in [7, 11) is 1.63. The van der Waals surface area contributed by atoms with Crippen molar-refractivity contribution in [3.63, 3.8) is 0 Å². The van der Waals surface area contributed by atoms with Gasteiger partial charge in [-0.2, -0.15) is 0 Å². The lowest BCUT2D eigenvalue weighted by atomic mass is 9.93. The van der Waals surface area contributed by atoms with Gasteiger partial charge in [0.05, 0.1) is 25.0 Å². The number of carbonyl (C=O) groups excluding carboxylic acids is 2. The van der Waals surface area contributed by atoms with Gasteiger partial charge in [-0.05, 0) is 42.2 Å². The molecule has 160 valence electrons. The molecule has 1 aliphatic rings. The zero-order chi connectivity index (χ0) is 21.6. The van der Waals surface area contributed by atoms with E-state index >= 15 is 0 Å². The monoisotopic (exact) mass is 418 g/mol. The number of furan rings is 1. The highest BCUT2D eigenvalue weighted by Gasteiger charge is 2.29. The molecule has 4 rings (SSSR count). The molecule has 0 radical (unpaired) electrons. The van der Waals surface area contributed by atoms with Gasteiger partial charge in [0.1, 0.15) is 12.0 Å². The van der Waals surface area contributed by atoms with Gasteiger partial charge in [-0.25, -0.2) is 0 Å². The second-order valence-corrected chi connectivity index (χ2v) is 7.70. The highest BCUT2D eigenvalue weighted by atomic mass is 16.5. The molecule has 1 aromatic heterocycles. The maximum Gasteiger partial charge on any atom is 0.257 e. The Balaban J connectivity index is 1.43. The van der Waals surface area contributed by atoms with Crippen molar-refractivity contribution in [2.24, 2.45) is 5.92 Å². The molecular weight excluding hydrogens is 392 g/mol. The Kier molecular flexibility index (Phi) is 6.36. The summed E-state index contributed by atoms with van der Waals surface area (Å²) in [6.45, 7) is 1.11. The van der Waals surface area contributed by atoms with Crippen molar-refractivity contribution in [2.75, 3.05) is 20.2 Å². The number of carbonyl (C=O) groups is 2. The molecule has 1 aliphatic heterocycles. The molecule has 31 heavy (non-hydrogen) atoms. The fraction of sp³-hybridized carbons (Fsp3) is 0.280. The number of hydrogen-bond acceptors (Lipinski definition) is 4. The molecule has 6 heteroatoms. The zero-order valence-corrected chi connectivity index (χ0v) is 17.5. The van der Waals surface area contributed by atoms with Crippen LogP contribution in [0.15, 0.2) is 77.6 Å². The summed E-state index contributed by atoms with van der Waals surface area (Å²) in [4.78, 5) is 27.4. The summed E-state index contributed by atoms with van der Waals surface area (Å²) in [5.74, 6) is 0.613. The first-order chi connectivity index (χ1) is 15.2. The molecule has 1 fully saturated rings. The van der Waals surface area contributed by atoms with Crippen LogP contribution in [0.3, 0.4) is 0 Å². The molecule has 6 nitrogen and oxygen atoms in total. The number of likely N-dealkylation sites (tertiary alicyclic amines) is 1. The molecule has 0 saturated carbocycles. The Labute approximate surface area is 181 Å². The molecule has 2 amide bonds. The number of amides is 2. The van der Waals surface area contributed by atoms with Gasteiger partial charge in [0.25, 0.3) is 5.91 Å². The Hall–Kier alpha value is -3.54. The van der Waals surface area contributed by atoms with E-state index in [0.717, 1.165) is 16.9 Å². The molecule has 2 aromatic carbocycles. The van der Waals surface area contributed by atoms with Crippen LogP contribution in [0.25, 0.3) is 0 Å². The average Bonchev–Trinajstić information content (AvgIpc) is 3.38. The summed E-state index contributed by atoms with van der Waals surface area (Å²) < 4.78 is 10.3. The van der Waals surface area contributed by atoms with Gasteiger partial charge >= 0.3 is 0 Å². The molecule has 1 atom stereocenters. The number of nitrogens with zero attached hydrogens (tertiary/aromatic N) is 1. The van der Waals surface area contributed by atoms with Crippen molar-refractivity contribution in [1.82, 2.24) is 10.2 Å². The average molecular weight is 418 g/mol. The van der Waals surface area contributed by atoms with Crippen LogP contribution in [0, 0.1) is 5.92 Å². The van der Waals surface area contributed by atoms with Crippen LogP contribution in [0.1, 0.15) is 40.4 Å². The topological polar surface area (TPSA) is 71.8 Å². The van der Waals surface area contributed by atoms with E-state index in [1.165, 1.54) is 12.5 Å². The van der Waals surface area contributed by atoms with E-state index in [1.807, 2.05) is 54.6 Å². The predicted molar refractivity (Wildman–Crippen MR) is 117 cm³/mol. The minimum Gasteiger partial charge on any atom is -0.497 e. The van der Waals surface area contributed by atoms with Crippen LogP contribution in [0.5, 0.6) is 5.75 Å². The fourth-order valence-electron chi connectivity index (χ4n) is 3.97. The van der Waals surface area contributed by atoms with Gasteiger partial charge < -0.3 is 19.4 Å². The zero-order valence-electron chi connectivity index (χ0n) is 17.5. The first-order valence-corrected chi connectivity index (χ1v) is 10.5. The quantitative estimate of drug-likeness (QED) is 0.656. The van der Waals surface area contributed by atoms with Crippen LogP contribution >= 0.6 is 0 Å². The number of hydrogen-bond donors (Lipinski definition) is 1. The van der Waals surface area contributed by atoms with Gasteiger partial charge in [0, 0.05) is 19.0 Å². The third kappa shape index (κ3) is 4.79. The standard InChI is InChI=1S/C25H26N2O4/c1-30-22-9-7-19(8-10-22)23(18-5-3-2-4-6-18)26-24(28)20-11-14-27(15-12-20)25(29)21-13-16-31-17-21/h2-10,13,16-17,20,23H,11-12,14-15H2,1H3,(H,26,28)/t23-/m0/s1. The van der Waals surface area contributed by atoms with Crippen LogP contribution in [-0.4, -0.2) is 36.9 Å². The van der Waals surface area contributed by atoms with Gasteiger partial charge in [-0.15, -0.1) is 0 Å². The summed E-state index contributed by atoms with van der Waals surface area (Å²) in [5.41, 5.74) is 2.56. The van der Waals surface area contributed by atoms with Gasteiger partial charge in [0.15, 0.2) is 0 Å². The van der Waals surface area contributed by atoms with Crippen molar-refractivity contribution < 1.29 is 18.7 Å². The number of ether oxygens (including phenoxy) is 1. The third-order valence-electron chi connectivity index (χ3n) is 5.79. The molecule has 2 heterocycles. The molecule has 0 bridgehead atoms. The minimum absolute atomic E-state index is 0.0140. The Morgan fingerprint density at radius 1 is 1.00 bits per heavy atom. The first kappa shape index (κ1) is 20.7. The van der Waals surface area contributed by atoms with E-state index in [2.05, 4.69) is 5.32 Å². The van der Waals surface area contributed by atoms with Gasteiger partial charge in [-0.3, -0.25) is 9.59 Å². The summed E-state index contributed by atoms with van der Waals surface area (Å²) in [6.07, 6.45) is 4.23. The molecule has 0 aliphatic carbocycles. The number of benzene rings is 2. The van der Waals surface area contributed by atoms with E-state index in [0.29, 0.717) is 31.5 Å². The Morgan fingerprint density at radius 3 is 2.29 bits per heavy atom. The van der Waals surface area contributed by atoms with Crippen molar-refractivity contribution in [1.29, 1.82) is 0 Å². The fourth-order valence-corrected chi connectivity index (χ4v) is 3.97. The largest absolute Gasteiger partial charge is 0.497 e. The van der Waals surface area contributed by atoms with E-state index in [-0.39, 0.29) is 23.8 Å². The Bertz CT molecular complexity index is 992. The van der Waals surface area contributed by atoms with E-state index < -0.39 is 0 Å². The molecule has 1 N–H and O–H groups in total. The van der Waals surface area contributed by atoms with E-state index in [9.17, 15) is 9.59 Å². The number of methoxy groups -OCH3 is 1. The SMILES string of the molecule is COc1ccc([C@@H](NC(=O)C2CCN(C(=O)c3ccoc3)CC2)c2ccccc2)cc1. The van der Waals surface area contributed by atoms with Crippen molar-refractivity contribution >= 4 is 11.8 Å². The van der Waals surface area contributed by atoms with Crippen LogP contribution in [0.4, 0.5) is 0 Å². The molecule has 0 spiro atoms. The summed E-state index contributed by atoms with van der Waals surface area (Å²) >= 11 is 0. The summed E-state index contributed by atoms with van der Waals surface area (Å²) in [5, 5.41) is 3.23. The van der Waals surface area contributed by atoms with Crippen molar-refractivity contribution in [3.8, 4) is 5.75 Å². The smallest absolute Gasteiger partial charge is 0.257 e. The third-order valence-corrected chi connectivity index (χ3v) is 5.79. The van der Waals surface area contributed by atoms with Gasteiger partial charge in [-0.1, -0.05) is 42.5 Å². The maximum absolute atomic E-state index is 13.1. The minimum atomic E-state index is -0.245. The maximum atomic E-state index is 13.1. The van der Waals surface area contributed by atoms with Crippen LogP contribution < -0.4 is 10.1 Å². The lowest BCUT2D eigenvalue weighted by Gasteiger charge is -2.32. The lowest BCUT2D eigenvalue weighted by molar-refractivity contribution is -0.126. The number of nitrogens with one attached hydrogen (secondary N) is 1. The number of rotatable bonds is 6. The second kappa shape index (κ2) is 9.51. The number of piperidine rings is 1. The normalized spacial score (nSPS) is 15.3. The van der Waals surface area contributed by atoms with Gasteiger partial charge in [0.2, 0.25) is 5.91 Å². The molecule has 3 aromatic rings. The second-order valence-electron chi connectivity index (χ2n) is 7.70. The Morgan fingerprint density at radius 2 is 1.68 bits per heavy atom. The molecule has 1 saturated heterocycles. The van der Waals surface area contributed by atoms with Crippen LogP contribution in [0.2, 0.25) is 0 Å². The highest BCUT2D eigenvalue weighted by molar-refractivity contribution is 5.94. The summed E-state index contributed by atoms with van der Waals surface area (Å²) in [6, 6.07) is 19.1. The van der Waals surface area contributed by atoms with Crippen LogP contribution in [-0.2, 0) is 4.79 Å². The highest BCUT2D eigenvalue weighted by Crippen LogP contribution is 2.26. The first-order valence-electron chi connectivity index (χ1n) is 10.5. The van der Waals surface area contributed by atoms with Crippen molar-refractivity contribution in [2.45, 2.75) is 18.9 Å². The predicted octanol–water partition coefficient (Wildman–Crippen LogP) is 4.05. The van der Waals surface area contributed by atoms with Crippen molar-refractivity contribution in [3.05, 3.63) is 89.9 Å². The van der Waals surface area contributed by atoms with E-state index in [4.69, 9.17) is 9.15 Å². The molecule has 0 unspecified atom stereocenters. The van der Waals surface area contributed by atoms with E-state index in [1.54, 1.807) is 18.1 Å². The lowest BCUT2D eigenvalue weighted by Crippen LogP contribution is -2.43.